The number of hydrogen-bond donors (Lipinski definition) is 0. The topological polar surface area (TPSA) is 0 Å². The summed E-state index contributed by atoms with van der Waals surface area (Å²) in [6.45, 7) is 22.5. The first-order chi connectivity index (χ1) is 7.20. The smallest absolute Gasteiger partial charge is 0.0688 e. The van der Waals surface area contributed by atoms with Gasteiger partial charge in [-0.2, -0.15) is 0 Å². The number of rotatable bonds is 6. The first-order valence-electron chi connectivity index (χ1n) is 7.20. The molecule has 0 rings (SSSR count). The van der Waals surface area contributed by atoms with E-state index in [4.69, 9.17) is 0 Å². The van der Waals surface area contributed by atoms with Crippen LogP contribution in [-0.4, -0.2) is 58.1 Å². The molecule has 0 aliphatic heterocycles. The van der Waals surface area contributed by atoms with Gasteiger partial charge >= 0.3 is 0 Å². The van der Waals surface area contributed by atoms with Crippen molar-refractivity contribution in [3.63, 3.8) is 0 Å². The van der Waals surface area contributed by atoms with Gasteiger partial charge in [0.2, 0.25) is 0 Å². The van der Waals surface area contributed by atoms with Crippen molar-refractivity contribution in [3.05, 3.63) is 0 Å². The maximum atomic E-state index is 2.45. The molecule has 0 bridgehead atoms. The minimum absolute atomic E-state index is 0. The van der Waals surface area contributed by atoms with Crippen LogP contribution < -0.4 is 0 Å². The van der Waals surface area contributed by atoms with E-state index in [2.05, 4.69) is 62.3 Å². The van der Waals surface area contributed by atoms with Crippen LogP contribution in [0.15, 0.2) is 0 Å². The third-order valence-electron chi connectivity index (χ3n) is 4.98. The second-order valence-electron chi connectivity index (χ2n) is 6.89. The maximum absolute atomic E-state index is 2.45. The van der Waals surface area contributed by atoms with Crippen LogP contribution in [0.3, 0.4) is 0 Å². The van der Waals surface area contributed by atoms with Gasteiger partial charge in [-0.3, -0.25) is 0 Å². The molecule has 2 heteroatoms. The van der Waals surface area contributed by atoms with Gasteiger partial charge in [0.05, 0.1) is 0 Å². The zero-order valence-electron chi connectivity index (χ0n) is 14.0. The quantitative estimate of drug-likeness (QED) is 0.575. The van der Waals surface area contributed by atoms with Gasteiger partial charge in [-0.1, -0.05) is 97.5 Å². The molecule has 0 heterocycles. The SMILES string of the molecule is CC(C)C(C)B(C(C)C(C)C)C(C)C(C)C.[K]. The van der Waals surface area contributed by atoms with E-state index in [1.807, 2.05) is 0 Å². The van der Waals surface area contributed by atoms with Crippen molar-refractivity contribution in [2.75, 3.05) is 0 Å². The fourth-order valence-electron chi connectivity index (χ4n) is 2.77. The van der Waals surface area contributed by atoms with E-state index in [0.29, 0.717) is 0 Å². The summed E-state index contributed by atoms with van der Waals surface area (Å²) in [6, 6.07) is 0. The van der Waals surface area contributed by atoms with E-state index in [0.717, 1.165) is 41.9 Å². The zero-order chi connectivity index (χ0) is 13.0. The maximum Gasteiger partial charge on any atom is 0.149 e. The predicted octanol–water partition coefficient (Wildman–Crippen LogP) is 5.24. The molecule has 17 heavy (non-hydrogen) atoms. The summed E-state index contributed by atoms with van der Waals surface area (Å²) < 4.78 is 0. The minimum Gasteiger partial charge on any atom is -0.0688 e. The Labute approximate surface area is 154 Å². The van der Waals surface area contributed by atoms with Crippen LogP contribution in [0.25, 0.3) is 0 Å². The van der Waals surface area contributed by atoms with E-state index >= 15 is 0 Å². The summed E-state index contributed by atoms with van der Waals surface area (Å²) in [5.41, 5.74) is 0. The molecule has 3 unspecified atom stereocenters. The Balaban J connectivity index is 0. The van der Waals surface area contributed by atoms with Gasteiger partial charge in [0.25, 0.3) is 0 Å². The molecule has 0 saturated heterocycles. The Hall–Kier alpha value is 1.70. The van der Waals surface area contributed by atoms with Crippen LogP contribution in [0.1, 0.15) is 62.3 Å². The fraction of sp³-hybridized carbons (Fsp3) is 1.00. The first kappa shape index (κ1) is 21.0. The molecule has 3 atom stereocenters. The van der Waals surface area contributed by atoms with Gasteiger partial charge in [0, 0.05) is 51.4 Å². The fourth-order valence-corrected chi connectivity index (χ4v) is 2.77. The summed E-state index contributed by atoms with van der Waals surface area (Å²) in [7, 11) is 0. The van der Waals surface area contributed by atoms with Gasteiger partial charge in [-0.05, 0) is 0 Å². The predicted molar refractivity (Wildman–Crippen MR) is 84.3 cm³/mol. The summed E-state index contributed by atoms with van der Waals surface area (Å²) in [6.07, 6.45) is 0. The van der Waals surface area contributed by atoms with Crippen LogP contribution in [-0.2, 0) is 0 Å². The van der Waals surface area contributed by atoms with E-state index in [9.17, 15) is 0 Å². The molecule has 0 aliphatic rings. The summed E-state index contributed by atoms with van der Waals surface area (Å²) in [4.78, 5) is 0. The first-order valence-corrected chi connectivity index (χ1v) is 7.20. The Morgan fingerprint density at radius 3 is 0.765 bits per heavy atom. The summed E-state index contributed by atoms with van der Waals surface area (Å²) in [5, 5.41) is 0. The summed E-state index contributed by atoms with van der Waals surface area (Å²) >= 11 is 0. The molecule has 0 aliphatic carbocycles. The van der Waals surface area contributed by atoms with E-state index in [1.54, 1.807) is 0 Å². The Bertz CT molecular complexity index is 156. The van der Waals surface area contributed by atoms with Crippen molar-refractivity contribution in [2.24, 2.45) is 17.8 Å². The molecule has 0 aromatic heterocycles. The van der Waals surface area contributed by atoms with Gasteiger partial charge in [-0.15, -0.1) is 0 Å². The molecule has 0 N–H and O–H groups in total. The second kappa shape index (κ2) is 9.58. The molecule has 0 amide bonds. The molecule has 0 saturated carbocycles. The zero-order valence-corrected chi connectivity index (χ0v) is 17.2. The van der Waals surface area contributed by atoms with Crippen molar-refractivity contribution in [2.45, 2.75) is 79.8 Å². The molecule has 0 fully saturated rings. The average Bonchev–Trinajstić information content (AvgIpc) is 2.16. The van der Waals surface area contributed by atoms with Crippen LogP contribution in [0.4, 0.5) is 0 Å². The molecular formula is C15H33BK. The summed E-state index contributed by atoms with van der Waals surface area (Å²) in [5.74, 6) is 4.88. The molecule has 0 aromatic carbocycles. The monoisotopic (exact) mass is 263 g/mol. The molecule has 97 valence electrons. The van der Waals surface area contributed by atoms with E-state index in [-0.39, 0.29) is 51.4 Å². The average molecular weight is 263 g/mol. The van der Waals surface area contributed by atoms with E-state index < -0.39 is 0 Å². The van der Waals surface area contributed by atoms with Gasteiger partial charge in [0.15, 0.2) is 0 Å². The van der Waals surface area contributed by atoms with Crippen LogP contribution in [0.5, 0.6) is 0 Å². The van der Waals surface area contributed by atoms with Gasteiger partial charge in [0.1, 0.15) is 6.71 Å². The van der Waals surface area contributed by atoms with Gasteiger partial charge < -0.3 is 0 Å². The van der Waals surface area contributed by atoms with Crippen LogP contribution in [0.2, 0.25) is 17.5 Å². The molecule has 0 nitrogen and oxygen atoms in total. The minimum atomic E-state index is 0. The molecule has 1 radical (unpaired) electrons. The van der Waals surface area contributed by atoms with Crippen LogP contribution in [0, 0.1) is 17.8 Å². The van der Waals surface area contributed by atoms with Crippen molar-refractivity contribution in [3.8, 4) is 0 Å². The van der Waals surface area contributed by atoms with Crippen molar-refractivity contribution < 1.29 is 0 Å². The van der Waals surface area contributed by atoms with Crippen molar-refractivity contribution in [1.82, 2.24) is 0 Å². The molecule has 0 aromatic rings. The molecule has 0 spiro atoms. The van der Waals surface area contributed by atoms with Crippen molar-refractivity contribution >= 4 is 58.1 Å². The van der Waals surface area contributed by atoms with Gasteiger partial charge in [-0.25, -0.2) is 0 Å². The largest absolute Gasteiger partial charge is 0.149 e. The normalized spacial score (nSPS) is 16.9. The van der Waals surface area contributed by atoms with Crippen molar-refractivity contribution in [1.29, 1.82) is 0 Å². The third kappa shape index (κ3) is 6.61. The van der Waals surface area contributed by atoms with E-state index in [1.165, 1.54) is 0 Å². The molecular weight excluding hydrogens is 230 g/mol. The Morgan fingerprint density at radius 2 is 0.647 bits per heavy atom. The Kier molecular flexibility index (Phi) is 11.8. The third-order valence-corrected chi connectivity index (χ3v) is 4.98. The number of hydrogen-bond acceptors (Lipinski definition) is 0. The Morgan fingerprint density at radius 1 is 0.471 bits per heavy atom. The second-order valence-corrected chi connectivity index (χ2v) is 6.89. The standard InChI is InChI=1S/C15H33B.K/c1-10(2)13(7)16(14(8)11(3)4)15(9)12(5)6;/h10-15H,1-9H3;. The van der Waals surface area contributed by atoms with Crippen LogP contribution >= 0.6 is 0 Å².